The van der Waals surface area contributed by atoms with Gasteiger partial charge in [0.25, 0.3) is 0 Å². The van der Waals surface area contributed by atoms with Crippen LogP contribution in [0, 0.1) is 0 Å². The van der Waals surface area contributed by atoms with Crippen LogP contribution in [0.25, 0.3) is 0 Å². The zero-order valence-electron chi connectivity index (χ0n) is 13.3. The molecule has 23 heavy (non-hydrogen) atoms. The third-order valence-electron chi connectivity index (χ3n) is 4.05. The van der Waals surface area contributed by atoms with E-state index in [1.165, 1.54) is 5.56 Å². The number of methoxy groups -OCH3 is 1. The fraction of sp³-hybridized carbons (Fsp3) is 0.368. The van der Waals surface area contributed by atoms with Crippen molar-refractivity contribution in [3.8, 4) is 11.5 Å². The molecule has 122 valence electrons. The van der Waals surface area contributed by atoms with Gasteiger partial charge in [-0.15, -0.1) is 0 Å². The van der Waals surface area contributed by atoms with Crippen molar-refractivity contribution in [3.63, 3.8) is 0 Å². The summed E-state index contributed by atoms with van der Waals surface area (Å²) in [5.74, 6) is 1.49. The molecule has 4 heteroatoms. The predicted molar refractivity (Wildman–Crippen MR) is 87.8 cm³/mol. The van der Waals surface area contributed by atoms with Crippen molar-refractivity contribution in [1.29, 1.82) is 0 Å². The van der Waals surface area contributed by atoms with Crippen LogP contribution in [0.15, 0.2) is 48.5 Å². The number of aliphatic hydroxyl groups excluding tert-OH is 1. The van der Waals surface area contributed by atoms with E-state index in [0.717, 1.165) is 29.9 Å². The molecular formula is C19H22O4. The summed E-state index contributed by atoms with van der Waals surface area (Å²) in [7, 11) is 1.65. The second-order valence-corrected chi connectivity index (χ2v) is 5.69. The summed E-state index contributed by atoms with van der Waals surface area (Å²) in [6, 6.07) is 16.1. The number of hydrogen-bond donors (Lipinski definition) is 1. The zero-order chi connectivity index (χ0) is 16.1. The molecule has 3 rings (SSSR count). The molecule has 0 aromatic heterocycles. The summed E-state index contributed by atoms with van der Waals surface area (Å²) < 4.78 is 16.7. The van der Waals surface area contributed by atoms with Crippen LogP contribution in [0.3, 0.4) is 0 Å². The van der Waals surface area contributed by atoms with Gasteiger partial charge in [0.15, 0.2) is 11.5 Å². The maximum Gasteiger partial charge on any atom is 0.161 e. The third-order valence-corrected chi connectivity index (χ3v) is 4.05. The maximum absolute atomic E-state index is 8.98. The lowest BCUT2D eigenvalue weighted by Gasteiger charge is -2.12. The van der Waals surface area contributed by atoms with Gasteiger partial charge in [0, 0.05) is 0 Å². The van der Waals surface area contributed by atoms with Gasteiger partial charge in [-0.05, 0) is 36.1 Å². The SMILES string of the molecule is COc1cc(CC[C@@H]2O[C@H]2CO)ccc1OCc1ccccc1. The largest absolute Gasteiger partial charge is 0.493 e. The van der Waals surface area contributed by atoms with Gasteiger partial charge >= 0.3 is 0 Å². The highest BCUT2D eigenvalue weighted by molar-refractivity contribution is 5.43. The molecule has 0 unspecified atom stereocenters. The quantitative estimate of drug-likeness (QED) is 0.761. The zero-order valence-corrected chi connectivity index (χ0v) is 13.3. The molecule has 0 aliphatic carbocycles. The second-order valence-electron chi connectivity index (χ2n) is 5.69. The van der Waals surface area contributed by atoms with E-state index in [1.54, 1.807) is 7.11 Å². The summed E-state index contributed by atoms with van der Waals surface area (Å²) in [5.41, 5.74) is 2.31. The van der Waals surface area contributed by atoms with E-state index >= 15 is 0 Å². The van der Waals surface area contributed by atoms with E-state index in [0.29, 0.717) is 6.61 Å². The van der Waals surface area contributed by atoms with Gasteiger partial charge in [0.1, 0.15) is 12.7 Å². The van der Waals surface area contributed by atoms with Gasteiger partial charge in [-0.3, -0.25) is 0 Å². The molecule has 1 aliphatic rings. The molecule has 0 spiro atoms. The van der Waals surface area contributed by atoms with Gasteiger partial charge in [-0.2, -0.15) is 0 Å². The molecule has 1 heterocycles. The summed E-state index contributed by atoms with van der Waals surface area (Å²) in [5, 5.41) is 8.98. The molecule has 0 amide bonds. The Balaban J connectivity index is 1.58. The smallest absolute Gasteiger partial charge is 0.161 e. The highest BCUT2D eigenvalue weighted by atomic mass is 16.6. The Hall–Kier alpha value is -2.04. The minimum atomic E-state index is 0.0328. The number of hydrogen-bond acceptors (Lipinski definition) is 4. The monoisotopic (exact) mass is 314 g/mol. The number of aliphatic hydroxyl groups is 1. The van der Waals surface area contributed by atoms with Crippen LogP contribution in [0.1, 0.15) is 17.5 Å². The van der Waals surface area contributed by atoms with Gasteiger partial charge in [-0.1, -0.05) is 36.4 Å². The summed E-state index contributed by atoms with van der Waals surface area (Å²) in [6.07, 6.45) is 2.04. The standard InChI is InChI=1S/C19H22O4/c1-21-18-11-14(8-10-17-19(12-20)23-17)7-9-16(18)22-13-15-5-3-2-4-6-15/h2-7,9,11,17,19-20H,8,10,12-13H2,1H3/t17-,19-/m0/s1. The topological polar surface area (TPSA) is 51.2 Å². The number of rotatable bonds is 8. The molecule has 2 aromatic carbocycles. The van der Waals surface area contributed by atoms with Gasteiger partial charge < -0.3 is 19.3 Å². The van der Waals surface area contributed by atoms with E-state index in [4.69, 9.17) is 19.3 Å². The molecule has 2 aromatic rings. The Kier molecular flexibility index (Phi) is 5.16. The van der Waals surface area contributed by atoms with E-state index in [9.17, 15) is 0 Å². The van der Waals surface area contributed by atoms with Gasteiger partial charge in [-0.25, -0.2) is 0 Å². The van der Waals surface area contributed by atoms with Gasteiger partial charge in [0.2, 0.25) is 0 Å². The molecule has 0 saturated carbocycles. The number of ether oxygens (including phenoxy) is 3. The van der Waals surface area contributed by atoms with Crippen LogP contribution >= 0.6 is 0 Å². The Bertz CT molecular complexity index is 627. The van der Waals surface area contributed by atoms with E-state index in [1.807, 2.05) is 42.5 Å². The first-order valence-corrected chi connectivity index (χ1v) is 7.90. The number of benzene rings is 2. The molecular weight excluding hydrogens is 292 g/mol. The van der Waals surface area contributed by atoms with Crippen molar-refractivity contribution in [1.82, 2.24) is 0 Å². The Labute approximate surface area is 136 Å². The van der Waals surface area contributed by atoms with E-state index in [2.05, 4.69) is 6.07 Å². The molecule has 2 atom stereocenters. The minimum Gasteiger partial charge on any atom is -0.493 e. The lowest BCUT2D eigenvalue weighted by Crippen LogP contribution is -2.01. The number of aryl methyl sites for hydroxylation is 1. The Morgan fingerprint density at radius 2 is 1.83 bits per heavy atom. The molecule has 1 N–H and O–H groups in total. The van der Waals surface area contributed by atoms with Crippen molar-refractivity contribution < 1.29 is 19.3 Å². The van der Waals surface area contributed by atoms with Crippen LogP contribution in [0.5, 0.6) is 11.5 Å². The van der Waals surface area contributed by atoms with E-state index < -0.39 is 0 Å². The van der Waals surface area contributed by atoms with Crippen LogP contribution in [-0.4, -0.2) is 31.0 Å². The van der Waals surface area contributed by atoms with Crippen molar-refractivity contribution in [3.05, 3.63) is 59.7 Å². The lowest BCUT2D eigenvalue weighted by atomic mass is 10.1. The van der Waals surface area contributed by atoms with Crippen LogP contribution in [0.2, 0.25) is 0 Å². The minimum absolute atomic E-state index is 0.0328. The normalized spacial score (nSPS) is 19.4. The Morgan fingerprint density at radius 3 is 2.52 bits per heavy atom. The first kappa shape index (κ1) is 15.8. The third kappa shape index (κ3) is 4.24. The molecule has 1 aliphatic heterocycles. The number of epoxide rings is 1. The fourth-order valence-corrected chi connectivity index (χ4v) is 2.62. The lowest BCUT2D eigenvalue weighted by molar-refractivity contribution is 0.241. The molecule has 1 fully saturated rings. The Morgan fingerprint density at radius 1 is 1.00 bits per heavy atom. The first-order valence-electron chi connectivity index (χ1n) is 7.90. The van der Waals surface area contributed by atoms with E-state index in [-0.39, 0.29) is 18.8 Å². The first-order chi connectivity index (χ1) is 11.3. The van der Waals surface area contributed by atoms with Crippen LogP contribution in [0.4, 0.5) is 0 Å². The summed E-state index contributed by atoms with van der Waals surface area (Å²) >= 11 is 0. The van der Waals surface area contributed by atoms with Crippen molar-refractivity contribution >= 4 is 0 Å². The van der Waals surface area contributed by atoms with Gasteiger partial charge in [0.05, 0.1) is 19.8 Å². The molecule has 0 bridgehead atoms. The van der Waals surface area contributed by atoms with Crippen molar-refractivity contribution in [2.24, 2.45) is 0 Å². The average Bonchev–Trinajstić information content (AvgIpc) is 3.38. The molecule has 0 radical (unpaired) electrons. The summed E-state index contributed by atoms with van der Waals surface area (Å²) in [4.78, 5) is 0. The highest BCUT2D eigenvalue weighted by Gasteiger charge is 2.37. The van der Waals surface area contributed by atoms with Crippen LogP contribution < -0.4 is 9.47 Å². The summed E-state index contributed by atoms with van der Waals surface area (Å²) in [6.45, 7) is 0.630. The van der Waals surface area contributed by atoms with Crippen LogP contribution in [-0.2, 0) is 17.8 Å². The fourth-order valence-electron chi connectivity index (χ4n) is 2.62. The molecule has 4 nitrogen and oxygen atoms in total. The maximum atomic E-state index is 8.98. The second kappa shape index (κ2) is 7.49. The van der Waals surface area contributed by atoms with Crippen molar-refractivity contribution in [2.75, 3.05) is 13.7 Å². The average molecular weight is 314 g/mol. The van der Waals surface area contributed by atoms with Crippen molar-refractivity contribution in [2.45, 2.75) is 31.7 Å². The predicted octanol–water partition coefficient (Wildman–Crippen LogP) is 2.97. The molecule has 1 saturated heterocycles. The highest BCUT2D eigenvalue weighted by Crippen LogP contribution is 2.31.